The van der Waals surface area contributed by atoms with Crippen LogP contribution in [-0.2, 0) is 0 Å². The lowest BCUT2D eigenvalue weighted by Crippen LogP contribution is -2.47. The van der Waals surface area contributed by atoms with Gasteiger partial charge < -0.3 is 5.32 Å². The highest BCUT2D eigenvalue weighted by Gasteiger charge is 2.40. The van der Waals surface area contributed by atoms with E-state index in [4.69, 9.17) is 0 Å². The summed E-state index contributed by atoms with van der Waals surface area (Å²) in [6.45, 7) is 4.69. The summed E-state index contributed by atoms with van der Waals surface area (Å²) in [6, 6.07) is 4.71. The zero-order valence-electron chi connectivity index (χ0n) is 10.3. The van der Waals surface area contributed by atoms with Gasteiger partial charge in [-0.05, 0) is 44.9 Å². The molecule has 17 heavy (non-hydrogen) atoms. The molecule has 0 aromatic heterocycles. The Labute approximate surface area is 101 Å². The second kappa shape index (κ2) is 4.57. The number of aryl methyl sites for hydroxylation is 1. The molecule has 1 unspecified atom stereocenters. The molecule has 2 nitrogen and oxygen atoms in total. The van der Waals surface area contributed by atoms with E-state index in [1.165, 1.54) is 6.07 Å². The number of hydrogen-bond acceptors (Lipinski definition) is 2. The molecule has 3 heteroatoms. The SMILES string of the molecule is CCC1(C(=O)c2cc(C)ccc2F)CCCN1. The normalized spacial score (nSPS) is 23.9. The third-order valence-electron chi connectivity index (χ3n) is 3.65. The first-order chi connectivity index (χ1) is 8.09. The molecule has 2 rings (SSSR count). The van der Waals surface area contributed by atoms with Crippen molar-refractivity contribution in [3.8, 4) is 0 Å². The number of nitrogens with one attached hydrogen (secondary N) is 1. The summed E-state index contributed by atoms with van der Waals surface area (Å²) in [5.74, 6) is -0.513. The van der Waals surface area contributed by atoms with E-state index < -0.39 is 11.4 Å². The van der Waals surface area contributed by atoms with Crippen LogP contribution in [0.2, 0.25) is 0 Å². The van der Waals surface area contributed by atoms with Gasteiger partial charge in [-0.2, -0.15) is 0 Å². The Morgan fingerprint density at radius 3 is 2.88 bits per heavy atom. The first-order valence-electron chi connectivity index (χ1n) is 6.15. The Kier molecular flexibility index (Phi) is 3.29. The monoisotopic (exact) mass is 235 g/mol. The molecule has 0 aliphatic carbocycles. The highest BCUT2D eigenvalue weighted by molar-refractivity contribution is 6.03. The number of benzene rings is 1. The average Bonchev–Trinajstić information content (AvgIpc) is 2.81. The van der Waals surface area contributed by atoms with Gasteiger partial charge in [-0.3, -0.25) is 4.79 Å². The van der Waals surface area contributed by atoms with E-state index in [0.29, 0.717) is 6.42 Å². The lowest BCUT2D eigenvalue weighted by molar-refractivity contribution is 0.0859. The molecule has 1 saturated heterocycles. The van der Waals surface area contributed by atoms with Crippen molar-refractivity contribution < 1.29 is 9.18 Å². The van der Waals surface area contributed by atoms with Gasteiger partial charge in [0.25, 0.3) is 0 Å². The van der Waals surface area contributed by atoms with Gasteiger partial charge in [-0.25, -0.2) is 4.39 Å². The zero-order chi connectivity index (χ0) is 12.5. The Hall–Kier alpha value is -1.22. The molecule has 92 valence electrons. The van der Waals surface area contributed by atoms with Gasteiger partial charge in [0, 0.05) is 0 Å². The molecule has 1 fully saturated rings. The van der Waals surface area contributed by atoms with Crippen LogP contribution < -0.4 is 5.32 Å². The molecule has 0 amide bonds. The minimum Gasteiger partial charge on any atom is -0.305 e. The smallest absolute Gasteiger partial charge is 0.185 e. The molecule has 1 aromatic rings. The van der Waals surface area contributed by atoms with Crippen LogP contribution in [-0.4, -0.2) is 17.9 Å². The van der Waals surface area contributed by atoms with Crippen molar-refractivity contribution in [2.75, 3.05) is 6.54 Å². The molecule has 0 bridgehead atoms. The number of rotatable bonds is 3. The van der Waals surface area contributed by atoms with Crippen LogP contribution in [0.5, 0.6) is 0 Å². The van der Waals surface area contributed by atoms with E-state index in [2.05, 4.69) is 5.32 Å². The Morgan fingerprint density at radius 1 is 1.53 bits per heavy atom. The summed E-state index contributed by atoms with van der Waals surface area (Å²) in [4.78, 5) is 12.5. The molecule has 0 saturated carbocycles. The standard InChI is InChI=1S/C14H18FNO/c1-3-14(7-4-8-16-14)13(17)11-9-10(2)5-6-12(11)15/h5-6,9,16H,3-4,7-8H2,1-2H3. The predicted molar refractivity (Wildman–Crippen MR) is 65.7 cm³/mol. The summed E-state index contributed by atoms with van der Waals surface area (Å²) in [7, 11) is 0. The predicted octanol–water partition coefficient (Wildman–Crippen LogP) is 2.85. The molecule has 1 heterocycles. The van der Waals surface area contributed by atoms with Gasteiger partial charge >= 0.3 is 0 Å². The quantitative estimate of drug-likeness (QED) is 0.816. The molecule has 1 aliphatic rings. The van der Waals surface area contributed by atoms with E-state index in [9.17, 15) is 9.18 Å². The summed E-state index contributed by atoms with van der Waals surface area (Å²) in [5.41, 5.74) is 0.592. The number of carbonyl (C=O) groups excluding carboxylic acids is 1. The van der Waals surface area contributed by atoms with Gasteiger partial charge in [0.1, 0.15) is 5.82 Å². The Balaban J connectivity index is 2.39. The van der Waals surface area contributed by atoms with Gasteiger partial charge in [-0.1, -0.05) is 18.6 Å². The molecule has 1 N–H and O–H groups in total. The number of halogens is 1. The summed E-state index contributed by atoms with van der Waals surface area (Å²) in [5, 5.41) is 3.25. The number of carbonyl (C=O) groups is 1. The maximum absolute atomic E-state index is 13.7. The van der Waals surface area contributed by atoms with Gasteiger partial charge in [0.15, 0.2) is 5.78 Å². The number of ketones is 1. The highest BCUT2D eigenvalue weighted by atomic mass is 19.1. The fraction of sp³-hybridized carbons (Fsp3) is 0.500. The van der Waals surface area contributed by atoms with E-state index in [0.717, 1.165) is 24.9 Å². The molecule has 1 atom stereocenters. The van der Waals surface area contributed by atoms with Crippen LogP contribution in [0.4, 0.5) is 4.39 Å². The van der Waals surface area contributed by atoms with Crippen LogP contribution in [0.25, 0.3) is 0 Å². The maximum atomic E-state index is 13.7. The molecule has 0 spiro atoms. The second-order valence-electron chi connectivity index (χ2n) is 4.78. The lowest BCUT2D eigenvalue weighted by Gasteiger charge is -2.26. The lowest BCUT2D eigenvalue weighted by atomic mass is 9.85. The molecular weight excluding hydrogens is 217 g/mol. The largest absolute Gasteiger partial charge is 0.305 e. The van der Waals surface area contributed by atoms with Crippen LogP contribution in [0.15, 0.2) is 18.2 Å². The molecule has 0 radical (unpaired) electrons. The van der Waals surface area contributed by atoms with Crippen molar-refractivity contribution in [2.24, 2.45) is 0 Å². The molecule has 1 aliphatic heterocycles. The topological polar surface area (TPSA) is 29.1 Å². The first-order valence-corrected chi connectivity index (χ1v) is 6.15. The average molecular weight is 235 g/mol. The van der Waals surface area contributed by atoms with E-state index in [-0.39, 0.29) is 11.3 Å². The van der Waals surface area contributed by atoms with Crippen molar-refractivity contribution in [2.45, 2.75) is 38.6 Å². The molecular formula is C14H18FNO. The van der Waals surface area contributed by atoms with Crippen LogP contribution in [0.1, 0.15) is 42.1 Å². The van der Waals surface area contributed by atoms with Crippen LogP contribution >= 0.6 is 0 Å². The third kappa shape index (κ3) is 2.12. The summed E-state index contributed by atoms with van der Waals surface area (Å²) >= 11 is 0. The second-order valence-corrected chi connectivity index (χ2v) is 4.78. The van der Waals surface area contributed by atoms with E-state index in [1.54, 1.807) is 12.1 Å². The first kappa shape index (κ1) is 12.2. The fourth-order valence-electron chi connectivity index (χ4n) is 2.53. The van der Waals surface area contributed by atoms with Crippen molar-refractivity contribution >= 4 is 5.78 Å². The minimum absolute atomic E-state index is 0.0984. The highest BCUT2D eigenvalue weighted by Crippen LogP contribution is 2.28. The van der Waals surface area contributed by atoms with Crippen molar-refractivity contribution in [3.05, 3.63) is 35.1 Å². The van der Waals surface area contributed by atoms with Crippen LogP contribution in [0, 0.1) is 12.7 Å². The van der Waals surface area contributed by atoms with Crippen molar-refractivity contribution in [1.82, 2.24) is 5.32 Å². The zero-order valence-corrected chi connectivity index (χ0v) is 10.3. The summed E-state index contributed by atoms with van der Waals surface area (Å²) < 4.78 is 13.7. The Bertz CT molecular complexity index is 436. The third-order valence-corrected chi connectivity index (χ3v) is 3.65. The van der Waals surface area contributed by atoms with Gasteiger partial charge in [-0.15, -0.1) is 0 Å². The van der Waals surface area contributed by atoms with Gasteiger partial charge in [0.05, 0.1) is 11.1 Å². The number of Topliss-reactive ketones (excluding diaryl/α,β-unsaturated/α-hetero) is 1. The fourth-order valence-corrected chi connectivity index (χ4v) is 2.53. The summed E-state index contributed by atoms with van der Waals surface area (Å²) in [6.07, 6.45) is 2.49. The van der Waals surface area contributed by atoms with E-state index in [1.807, 2.05) is 13.8 Å². The van der Waals surface area contributed by atoms with Gasteiger partial charge in [0.2, 0.25) is 0 Å². The van der Waals surface area contributed by atoms with Crippen molar-refractivity contribution in [3.63, 3.8) is 0 Å². The van der Waals surface area contributed by atoms with Crippen LogP contribution in [0.3, 0.4) is 0 Å². The minimum atomic E-state index is -0.547. The van der Waals surface area contributed by atoms with E-state index >= 15 is 0 Å². The maximum Gasteiger partial charge on any atom is 0.185 e. The van der Waals surface area contributed by atoms with Crippen molar-refractivity contribution in [1.29, 1.82) is 0 Å². The Morgan fingerprint density at radius 2 is 2.29 bits per heavy atom. The number of hydrogen-bond donors (Lipinski definition) is 1. The molecule has 1 aromatic carbocycles.